The molecule has 0 atom stereocenters. The van der Waals surface area contributed by atoms with E-state index in [9.17, 15) is 4.79 Å². The van der Waals surface area contributed by atoms with Gasteiger partial charge >= 0.3 is 23.6 Å². The predicted octanol–water partition coefficient (Wildman–Crippen LogP) is -0.725. The summed E-state index contributed by atoms with van der Waals surface area (Å²) in [4.78, 5) is 9.70. The van der Waals surface area contributed by atoms with Crippen molar-refractivity contribution >= 4 is 23.6 Å². The van der Waals surface area contributed by atoms with Crippen LogP contribution in [0.3, 0.4) is 0 Å². The number of carboxylic acid groups (broad SMARTS) is 1. The molecule has 0 aliphatic rings. The second kappa shape index (κ2) is 4.18. The van der Waals surface area contributed by atoms with Gasteiger partial charge in [-0.05, 0) is 0 Å². The van der Waals surface area contributed by atoms with Crippen LogP contribution in [-0.2, 0) is 4.79 Å². The Kier molecular flexibility index (Phi) is 6.02. The van der Waals surface area contributed by atoms with Gasteiger partial charge in [-0.2, -0.15) is 0 Å². The van der Waals surface area contributed by atoms with E-state index in [0.717, 1.165) is 0 Å². The molecule has 0 unspecified atom stereocenters. The van der Waals surface area contributed by atoms with Crippen LogP contribution in [0.1, 0.15) is 13.8 Å². The van der Waals surface area contributed by atoms with Crippen molar-refractivity contribution < 1.29 is 9.90 Å². The standard InChI is InChI=1S/C4H8O2.GeH4/c1-3(2)4(5)6;/h3H,1-2H3,(H,5,6);1H4. The normalized spacial score (nSPS) is 7.86. The molecule has 0 fully saturated rings. The molecule has 2 nitrogen and oxygen atoms in total. The second-order valence-corrected chi connectivity index (χ2v) is 1.49. The fraction of sp³-hybridized carbons (Fsp3) is 0.750. The van der Waals surface area contributed by atoms with Crippen LogP contribution in [0.4, 0.5) is 0 Å². The monoisotopic (exact) mass is 166 g/mol. The van der Waals surface area contributed by atoms with Crippen LogP contribution in [0.15, 0.2) is 0 Å². The van der Waals surface area contributed by atoms with Crippen LogP contribution in [-0.4, -0.2) is 28.7 Å². The Bertz CT molecular complexity index is 60.7. The van der Waals surface area contributed by atoms with Crippen LogP contribution in [0.25, 0.3) is 0 Å². The molecule has 0 saturated heterocycles. The van der Waals surface area contributed by atoms with Gasteiger partial charge in [0.05, 0.1) is 5.92 Å². The molecule has 0 aromatic heterocycles. The summed E-state index contributed by atoms with van der Waals surface area (Å²) in [5.74, 6) is -0.972. The van der Waals surface area contributed by atoms with Gasteiger partial charge < -0.3 is 5.11 Å². The molecule has 0 amide bonds. The van der Waals surface area contributed by atoms with E-state index in [1.807, 2.05) is 0 Å². The van der Waals surface area contributed by atoms with Crippen molar-refractivity contribution in [1.82, 2.24) is 0 Å². The molecule has 0 spiro atoms. The molecule has 1 N–H and O–H groups in total. The van der Waals surface area contributed by atoms with E-state index in [4.69, 9.17) is 5.11 Å². The van der Waals surface area contributed by atoms with Gasteiger partial charge in [0.15, 0.2) is 0 Å². The van der Waals surface area contributed by atoms with E-state index in [2.05, 4.69) is 0 Å². The molecule has 0 rings (SSSR count). The number of aliphatic carboxylic acids is 1. The van der Waals surface area contributed by atoms with Crippen molar-refractivity contribution in [3.8, 4) is 0 Å². The maximum absolute atomic E-state index is 9.70. The van der Waals surface area contributed by atoms with Crippen LogP contribution in [0.5, 0.6) is 0 Å². The minimum absolute atomic E-state index is 0. The zero-order chi connectivity index (χ0) is 5.15. The Morgan fingerprint density at radius 3 is 1.71 bits per heavy atom. The first kappa shape index (κ1) is 10.1. The zero-order valence-electron chi connectivity index (χ0n) is 3.93. The molecular weight excluding hydrogens is 153 g/mol. The van der Waals surface area contributed by atoms with Gasteiger partial charge in [-0.3, -0.25) is 4.79 Å². The number of rotatable bonds is 1. The van der Waals surface area contributed by atoms with E-state index >= 15 is 0 Å². The summed E-state index contributed by atoms with van der Waals surface area (Å²) in [6.45, 7) is 3.28. The molecule has 0 radical (unpaired) electrons. The average Bonchev–Trinajstić information content (AvgIpc) is 1.36. The molecule has 44 valence electrons. The van der Waals surface area contributed by atoms with Gasteiger partial charge in [0.2, 0.25) is 0 Å². The topological polar surface area (TPSA) is 37.3 Å². The van der Waals surface area contributed by atoms with Gasteiger partial charge in [-0.1, -0.05) is 13.8 Å². The molecule has 0 aromatic carbocycles. The van der Waals surface area contributed by atoms with Crippen LogP contribution in [0.2, 0.25) is 0 Å². The average molecular weight is 165 g/mol. The summed E-state index contributed by atoms with van der Waals surface area (Å²) in [6.07, 6.45) is 0. The first-order valence-electron chi connectivity index (χ1n) is 1.87. The Morgan fingerprint density at radius 1 is 1.57 bits per heavy atom. The van der Waals surface area contributed by atoms with Crippen molar-refractivity contribution in [2.45, 2.75) is 13.8 Å². The molecule has 0 aliphatic heterocycles. The van der Waals surface area contributed by atoms with Crippen LogP contribution in [0, 0.1) is 5.92 Å². The second-order valence-electron chi connectivity index (χ2n) is 1.49. The Morgan fingerprint density at radius 2 is 1.71 bits per heavy atom. The zero-order valence-corrected chi connectivity index (χ0v) is 3.93. The predicted molar refractivity (Wildman–Crippen MR) is 33.8 cm³/mol. The first-order valence-corrected chi connectivity index (χ1v) is 1.87. The quantitative estimate of drug-likeness (QED) is 0.520. The van der Waals surface area contributed by atoms with Crippen LogP contribution >= 0.6 is 0 Å². The summed E-state index contributed by atoms with van der Waals surface area (Å²) in [5.41, 5.74) is 0. The summed E-state index contributed by atoms with van der Waals surface area (Å²) in [6, 6.07) is 0. The van der Waals surface area contributed by atoms with Crippen molar-refractivity contribution in [2.24, 2.45) is 5.92 Å². The molecule has 0 aromatic rings. The summed E-state index contributed by atoms with van der Waals surface area (Å²) >= 11 is 0. The van der Waals surface area contributed by atoms with Gasteiger partial charge in [-0.25, -0.2) is 0 Å². The third kappa shape index (κ3) is 6.01. The fourth-order valence-electron chi connectivity index (χ4n) is 0. The Balaban J connectivity index is 0. The van der Waals surface area contributed by atoms with E-state index in [1.165, 1.54) is 0 Å². The van der Waals surface area contributed by atoms with Crippen LogP contribution < -0.4 is 0 Å². The Hall–Kier alpha value is 0.0129. The van der Waals surface area contributed by atoms with E-state index in [-0.39, 0.29) is 23.5 Å². The number of hydrogen-bond donors (Lipinski definition) is 1. The molecule has 3 heteroatoms. The van der Waals surface area contributed by atoms with Crippen molar-refractivity contribution in [3.05, 3.63) is 0 Å². The van der Waals surface area contributed by atoms with Gasteiger partial charge in [0, 0.05) is 0 Å². The first-order chi connectivity index (χ1) is 2.64. The third-order valence-corrected chi connectivity index (χ3v) is 0.494. The molecule has 0 bridgehead atoms. The van der Waals surface area contributed by atoms with Gasteiger partial charge in [-0.15, -0.1) is 0 Å². The maximum atomic E-state index is 9.70. The summed E-state index contributed by atoms with van der Waals surface area (Å²) < 4.78 is 0. The molecular formula is C4H12GeO2. The van der Waals surface area contributed by atoms with Gasteiger partial charge in [0.1, 0.15) is 0 Å². The summed E-state index contributed by atoms with van der Waals surface area (Å²) in [7, 11) is 0. The SMILES string of the molecule is CC(C)C(=O)O.[GeH4]. The third-order valence-electron chi connectivity index (χ3n) is 0.494. The van der Waals surface area contributed by atoms with Crippen molar-refractivity contribution in [1.29, 1.82) is 0 Å². The van der Waals surface area contributed by atoms with E-state index in [0.29, 0.717) is 0 Å². The van der Waals surface area contributed by atoms with Gasteiger partial charge in [0.25, 0.3) is 0 Å². The number of hydrogen-bond acceptors (Lipinski definition) is 1. The Labute approximate surface area is 53.9 Å². The fourth-order valence-corrected chi connectivity index (χ4v) is 0. The molecule has 0 saturated carbocycles. The number of carbonyl (C=O) groups is 1. The molecule has 7 heavy (non-hydrogen) atoms. The van der Waals surface area contributed by atoms with E-state index in [1.54, 1.807) is 13.8 Å². The molecule has 0 aliphatic carbocycles. The number of carboxylic acids is 1. The van der Waals surface area contributed by atoms with Crippen molar-refractivity contribution in [3.63, 3.8) is 0 Å². The summed E-state index contributed by atoms with van der Waals surface area (Å²) in [5, 5.41) is 7.99. The molecule has 0 heterocycles. The van der Waals surface area contributed by atoms with Crippen molar-refractivity contribution in [2.75, 3.05) is 0 Å². The van der Waals surface area contributed by atoms with E-state index < -0.39 is 5.97 Å². The minimum atomic E-state index is -0.741.